The van der Waals surface area contributed by atoms with E-state index in [0.29, 0.717) is 23.8 Å². The van der Waals surface area contributed by atoms with E-state index in [4.69, 9.17) is 0 Å². The summed E-state index contributed by atoms with van der Waals surface area (Å²) >= 11 is 0. The van der Waals surface area contributed by atoms with Gasteiger partial charge in [0, 0.05) is 24.2 Å². The number of aliphatic hydroxyl groups excluding tert-OH is 1. The number of aliphatic hydroxyl groups is 1. The maximum Gasteiger partial charge on any atom is 0.251 e. The summed E-state index contributed by atoms with van der Waals surface area (Å²) in [5, 5.41) is 20.4. The first-order valence-corrected chi connectivity index (χ1v) is 15.4. The molecule has 2 aromatic rings. The van der Waals surface area contributed by atoms with Gasteiger partial charge in [0.1, 0.15) is 0 Å². The number of rotatable bonds is 10. The molecule has 1 saturated carbocycles. The number of carbonyl (C=O) groups is 3. The van der Waals surface area contributed by atoms with Crippen molar-refractivity contribution < 1.29 is 19.5 Å². The predicted octanol–water partition coefficient (Wildman–Crippen LogP) is 3.61. The maximum absolute atomic E-state index is 13.5. The zero-order valence-corrected chi connectivity index (χ0v) is 25.6. The molecule has 4 N–H and O–H groups in total. The first-order chi connectivity index (χ1) is 20.0. The Morgan fingerprint density at radius 3 is 2.40 bits per heavy atom. The van der Waals surface area contributed by atoms with Gasteiger partial charge in [-0.2, -0.15) is 0 Å². The number of hydrogen-bond acceptors (Lipinski definition) is 5. The SMILES string of the molecule is Cc1cccc(C(=O)NCC(=O)NC(Cc2ccccc2)C(O)CN2CC3CCCCC3CC2C(=O)NC(C)(C)C)c1. The van der Waals surface area contributed by atoms with Gasteiger partial charge in [0.2, 0.25) is 11.8 Å². The van der Waals surface area contributed by atoms with Crippen LogP contribution in [-0.2, 0) is 16.0 Å². The van der Waals surface area contributed by atoms with E-state index in [1.54, 1.807) is 12.1 Å². The largest absolute Gasteiger partial charge is 0.390 e. The molecule has 8 heteroatoms. The van der Waals surface area contributed by atoms with Crippen LogP contribution in [0.25, 0.3) is 0 Å². The number of piperidine rings is 1. The van der Waals surface area contributed by atoms with Gasteiger partial charge in [0.15, 0.2) is 0 Å². The van der Waals surface area contributed by atoms with Crippen LogP contribution in [0.15, 0.2) is 54.6 Å². The van der Waals surface area contributed by atoms with E-state index in [1.165, 1.54) is 12.8 Å². The summed E-state index contributed by atoms with van der Waals surface area (Å²) in [6.07, 6.45) is 5.03. The van der Waals surface area contributed by atoms with Crippen molar-refractivity contribution in [1.29, 1.82) is 0 Å². The third-order valence-corrected chi connectivity index (χ3v) is 8.52. The minimum atomic E-state index is -0.910. The van der Waals surface area contributed by atoms with Crippen molar-refractivity contribution in [3.8, 4) is 0 Å². The Morgan fingerprint density at radius 1 is 1.00 bits per heavy atom. The number of hydrogen-bond donors (Lipinski definition) is 4. The number of aryl methyl sites for hydroxylation is 1. The summed E-state index contributed by atoms with van der Waals surface area (Å²) in [6, 6.07) is 16.0. The first-order valence-electron chi connectivity index (χ1n) is 15.4. The number of β-amino-alcohol motifs (C(OH)–C–C–N with tert-alkyl or cyclic N) is 1. The molecule has 0 spiro atoms. The Bertz CT molecular complexity index is 1210. The van der Waals surface area contributed by atoms with Gasteiger partial charge < -0.3 is 21.1 Å². The molecule has 1 aliphatic carbocycles. The molecule has 0 aromatic heterocycles. The van der Waals surface area contributed by atoms with Crippen molar-refractivity contribution >= 4 is 17.7 Å². The van der Waals surface area contributed by atoms with Gasteiger partial charge in [0.05, 0.1) is 24.7 Å². The number of nitrogens with one attached hydrogen (secondary N) is 3. The zero-order valence-electron chi connectivity index (χ0n) is 25.6. The number of benzene rings is 2. The molecule has 3 amide bonds. The lowest BCUT2D eigenvalue weighted by atomic mass is 9.72. The first kappa shape index (κ1) is 31.7. The molecule has 228 valence electrons. The zero-order chi connectivity index (χ0) is 30.3. The summed E-state index contributed by atoms with van der Waals surface area (Å²) in [7, 11) is 0. The maximum atomic E-state index is 13.5. The van der Waals surface area contributed by atoms with Crippen LogP contribution in [0.1, 0.15) is 74.4 Å². The van der Waals surface area contributed by atoms with Crippen LogP contribution in [-0.4, -0.2) is 71.1 Å². The summed E-state index contributed by atoms with van der Waals surface area (Å²) in [4.78, 5) is 41.3. The van der Waals surface area contributed by atoms with Crippen molar-refractivity contribution in [3.63, 3.8) is 0 Å². The van der Waals surface area contributed by atoms with E-state index in [2.05, 4.69) is 20.9 Å². The van der Waals surface area contributed by atoms with Crippen LogP contribution in [0, 0.1) is 18.8 Å². The minimum Gasteiger partial charge on any atom is -0.390 e. The van der Waals surface area contributed by atoms with Crippen LogP contribution in [0.2, 0.25) is 0 Å². The normalized spacial score (nSPS) is 22.4. The number of nitrogens with zero attached hydrogens (tertiary/aromatic N) is 1. The fraction of sp³-hybridized carbons (Fsp3) is 0.559. The van der Waals surface area contributed by atoms with Gasteiger partial charge in [-0.3, -0.25) is 19.3 Å². The Hall–Kier alpha value is -3.23. The second-order valence-corrected chi connectivity index (χ2v) is 13.2. The number of carbonyl (C=O) groups excluding carboxylic acids is 3. The average molecular weight is 577 g/mol. The molecule has 1 saturated heterocycles. The summed E-state index contributed by atoms with van der Waals surface area (Å²) in [5.74, 6) is 0.352. The third-order valence-electron chi connectivity index (χ3n) is 8.52. The molecule has 8 nitrogen and oxygen atoms in total. The van der Waals surface area contributed by atoms with Crippen molar-refractivity contribution in [2.24, 2.45) is 11.8 Å². The molecule has 42 heavy (non-hydrogen) atoms. The van der Waals surface area contributed by atoms with Crippen molar-refractivity contribution in [2.45, 2.75) is 89.9 Å². The van der Waals surface area contributed by atoms with Crippen molar-refractivity contribution in [2.75, 3.05) is 19.6 Å². The van der Waals surface area contributed by atoms with Gasteiger partial charge in [-0.05, 0) is 76.5 Å². The molecule has 1 heterocycles. The number of fused-ring (bicyclic) bond motifs is 1. The highest BCUT2D eigenvalue weighted by atomic mass is 16.3. The van der Waals surface area contributed by atoms with Crippen LogP contribution >= 0.6 is 0 Å². The summed E-state index contributed by atoms with van der Waals surface area (Å²) in [5.41, 5.74) is 2.09. The second-order valence-electron chi connectivity index (χ2n) is 13.2. The topological polar surface area (TPSA) is 111 Å². The standard InChI is InChI=1S/C34H48N4O4/c1-23-11-10-16-26(17-23)32(41)35-20-31(40)36-28(18-24-12-6-5-7-13-24)30(39)22-38-21-27-15-9-8-14-25(27)19-29(38)33(42)37-34(2,3)4/h5-7,10-13,16-17,25,27-30,39H,8-9,14-15,18-22H2,1-4H3,(H,35,41)(H,36,40)(H,37,42). The van der Waals surface area contributed by atoms with Gasteiger partial charge in [-0.15, -0.1) is 0 Å². The van der Waals surface area contributed by atoms with Crippen LogP contribution in [0.3, 0.4) is 0 Å². The van der Waals surface area contributed by atoms with E-state index >= 15 is 0 Å². The highest BCUT2D eigenvalue weighted by Crippen LogP contribution is 2.39. The quantitative estimate of drug-likeness (QED) is 0.346. The van der Waals surface area contributed by atoms with Gasteiger partial charge in [-0.1, -0.05) is 67.3 Å². The van der Waals surface area contributed by atoms with E-state index in [0.717, 1.165) is 36.9 Å². The molecule has 0 bridgehead atoms. The minimum absolute atomic E-state index is 0.00114. The molecular weight excluding hydrogens is 528 g/mol. The molecule has 2 aliphatic rings. The molecule has 4 rings (SSSR count). The summed E-state index contributed by atoms with van der Waals surface area (Å²) in [6.45, 7) is 8.71. The number of likely N-dealkylation sites (tertiary alicyclic amines) is 1. The fourth-order valence-electron chi connectivity index (χ4n) is 6.45. The third kappa shape index (κ3) is 9.13. The lowest BCUT2D eigenvalue weighted by Gasteiger charge is -2.47. The lowest BCUT2D eigenvalue weighted by molar-refractivity contribution is -0.133. The van der Waals surface area contributed by atoms with Gasteiger partial charge in [0.25, 0.3) is 5.91 Å². The highest BCUT2D eigenvalue weighted by Gasteiger charge is 2.41. The van der Waals surface area contributed by atoms with E-state index in [1.807, 2.05) is 70.2 Å². The Labute approximate surface area is 250 Å². The van der Waals surface area contributed by atoms with Crippen molar-refractivity contribution in [1.82, 2.24) is 20.9 Å². The van der Waals surface area contributed by atoms with Gasteiger partial charge in [-0.25, -0.2) is 0 Å². The molecule has 1 aliphatic heterocycles. The van der Waals surface area contributed by atoms with E-state index in [-0.39, 0.29) is 42.4 Å². The van der Waals surface area contributed by atoms with E-state index in [9.17, 15) is 19.5 Å². The predicted molar refractivity (Wildman–Crippen MR) is 165 cm³/mol. The Kier molecular flexibility index (Phi) is 10.8. The van der Waals surface area contributed by atoms with Crippen LogP contribution in [0.5, 0.6) is 0 Å². The number of amides is 3. The molecule has 2 aromatic carbocycles. The molecule has 5 unspecified atom stereocenters. The monoisotopic (exact) mass is 576 g/mol. The molecule has 2 fully saturated rings. The molecular formula is C34H48N4O4. The fourth-order valence-corrected chi connectivity index (χ4v) is 6.45. The van der Waals surface area contributed by atoms with E-state index < -0.39 is 12.1 Å². The van der Waals surface area contributed by atoms with Gasteiger partial charge >= 0.3 is 0 Å². The molecule has 5 atom stereocenters. The Morgan fingerprint density at radius 2 is 1.71 bits per heavy atom. The highest BCUT2D eigenvalue weighted by molar-refractivity contribution is 5.96. The molecule has 0 radical (unpaired) electrons. The second kappa shape index (κ2) is 14.3. The van der Waals surface area contributed by atoms with Crippen molar-refractivity contribution in [3.05, 3.63) is 71.3 Å². The smallest absolute Gasteiger partial charge is 0.251 e. The average Bonchev–Trinajstić information content (AvgIpc) is 2.94. The Balaban J connectivity index is 1.46. The van der Waals surface area contributed by atoms with Crippen LogP contribution < -0.4 is 16.0 Å². The summed E-state index contributed by atoms with van der Waals surface area (Å²) < 4.78 is 0. The lowest BCUT2D eigenvalue weighted by Crippen LogP contribution is -2.60. The van der Waals surface area contributed by atoms with Crippen LogP contribution in [0.4, 0.5) is 0 Å².